The van der Waals surface area contributed by atoms with Gasteiger partial charge in [-0.05, 0) is 49.2 Å². The molecule has 0 unspecified atom stereocenters. The van der Waals surface area contributed by atoms with E-state index in [2.05, 4.69) is 11.3 Å². The molecule has 0 bridgehead atoms. The molecule has 0 aliphatic carbocycles. The van der Waals surface area contributed by atoms with Crippen molar-refractivity contribution >= 4 is 17.1 Å². The Hall–Kier alpha value is -3.75. The molecule has 0 aliphatic heterocycles. The van der Waals surface area contributed by atoms with E-state index in [1.807, 2.05) is 6.07 Å². The molecule has 31 heavy (non-hydrogen) atoms. The fourth-order valence-corrected chi connectivity index (χ4v) is 2.86. The molecule has 0 N–H and O–H groups in total. The largest absolute Gasteiger partial charge is 0.514 e. The molecule has 162 valence electrons. The lowest BCUT2D eigenvalue weighted by Crippen LogP contribution is -2.16. The monoisotopic (exact) mass is 434 g/mol. The summed E-state index contributed by atoms with van der Waals surface area (Å²) >= 11 is 0. The molecule has 0 fully saturated rings. The molecule has 0 saturated heterocycles. The van der Waals surface area contributed by atoms with Gasteiger partial charge in [0.1, 0.15) is 23.7 Å². The quantitative estimate of drug-likeness (QED) is 0.282. The second kappa shape index (κ2) is 8.55. The van der Waals surface area contributed by atoms with E-state index in [-0.39, 0.29) is 23.5 Å². The first-order valence-electron chi connectivity index (χ1n) is 8.98. The summed E-state index contributed by atoms with van der Waals surface area (Å²) in [5.74, 6) is -2.68. The maximum atomic E-state index is 13.6. The van der Waals surface area contributed by atoms with Crippen LogP contribution in [0.25, 0.3) is 11.0 Å². The van der Waals surface area contributed by atoms with E-state index >= 15 is 0 Å². The maximum absolute atomic E-state index is 13.6. The summed E-state index contributed by atoms with van der Waals surface area (Å²) in [6.45, 7) is 6.75. The van der Waals surface area contributed by atoms with E-state index < -0.39 is 34.9 Å². The molecule has 6 nitrogen and oxygen atoms in total. The van der Waals surface area contributed by atoms with Gasteiger partial charge < -0.3 is 18.6 Å². The van der Waals surface area contributed by atoms with E-state index in [4.69, 9.17) is 13.9 Å². The van der Waals surface area contributed by atoms with Crippen molar-refractivity contribution in [2.75, 3.05) is 6.61 Å². The third-order valence-electron chi connectivity index (χ3n) is 4.01. The number of hydrogen-bond donors (Lipinski definition) is 0. The number of aryl methyl sites for hydroxylation is 2. The average molecular weight is 434 g/mol. The van der Waals surface area contributed by atoms with Crippen LogP contribution in [0.1, 0.15) is 16.9 Å². The van der Waals surface area contributed by atoms with Crippen molar-refractivity contribution in [3.8, 4) is 17.2 Å². The summed E-state index contributed by atoms with van der Waals surface area (Å²) in [4.78, 5) is 24.3. The Bertz CT molecular complexity index is 1190. The van der Waals surface area contributed by atoms with E-state index in [0.29, 0.717) is 0 Å². The molecule has 0 atom stereocenters. The van der Waals surface area contributed by atoms with Gasteiger partial charge in [0.15, 0.2) is 0 Å². The second-order valence-corrected chi connectivity index (χ2v) is 6.62. The fourth-order valence-electron chi connectivity index (χ4n) is 2.86. The van der Waals surface area contributed by atoms with Crippen LogP contribution in [-0.2, 0) is 10.9 Å². The van der Waals surface area contributed by atoms with Crippen LogP contribution in [-0.4, -0.2) is 12.8 Å². The lowest BCUT2D eigenvalue weighted by Gasteiger charge is -2.14. The van der Waals surface area contributed by atoms with Crippen molar-refractivity contribution in [2.24, 2.45) is 0 Å². The van der Waals surface area contributed by atoms with Crippen LogP contribution in [0.15, 0.2) is 58.3 Å². The first-order valence-corrected chi connectivity index (χ1v) is 8.98. The SMILES string of the molecule is C=CCOC(=O)Oc1ccc2c(=O)c(Oc3cc(C)cc(C)c3)c(C(F)(F)F)oc2c1. The Morgan fingerprint density at radius 2 is 1.77 bits per heavy atom. The number of alkyl halides is 3. The highest BCUT2D eigenvalue weighted by Gasteiger charge is 2.40. The van der Waals surface area contributed by atoms with Crippen molar-refractivity contribution in [1.82, 2.24) is 0 Å². The fraction of sp³-hybridized carbons (Fsp3) is 0.182. The lowest BCUT2D eigenvalue weighted by atomic mass is 10.1. The Morgan fingerprint density at radius 1 is 1.10 bits per heavy atom. The molecule has 0 amide bonds. The van der Waals surface area contributed by atoms with Gasteiger partial charge in [0.2, 0.25) is 11.2 Å². The Balaban J connectivity index is 2.09. The highest BCUT2D eigenvalue weighted by molar-refractivity contribution is 5.80. The number of hydrogen-bond acceptors (Lipinski definition) is 6. The smallest absolute Gasteiger partial charge is 0.449 e. The zero-order chi connectivity index (χ0) is 22.8. The minimum absolute atomic E-state index is 0.0690. The highest BCUT2D eigenvalue weighted by atomic mass is 19.4. The number of carbonyl (C=O) groups excluding carboxylic acids is 1. The molecular formula is C22H17F3O6. The van der Waals surface area contributed by atoms with Gasteiger partial charge in [0, 0.05) is 6.07 Å². The molecule has 1 heterocycles. The van der Waals surface area contributed by atoms with Gasteiger partial charge in [-0.1, -0.05) is 18.7 Å². The summed E-state index contributed by atoms with van der Waals surface area (Å²) in [6.07, 6.45) is -4.79. The molecule has 3 rings (SSSR count). The van der Waals surface area contributed by atoms with Crippen molar-refractivity contribution in [1.29, 1.82) is 0 Å². The molecule has 1 aromatic heterocycles. The van der Waals surface area contributed by atoms with Crippen LogP contribution in [0.2, 0.25) is 0 Å². The van der Waals surface area contributed by atoms with E-state index in [1.165, 1.54) is 30.3 Å². The highest BCUT2D eigenvalue weighted by Crippen LogP contribution is 2.39. The van der Waals surface area contributed by atoms with Gasteiger partial charge >= 0.3 is 12.3 Å². The summed E-state index contributed by atoms with van der Waals surface area (Å²) in [6, 6.07) is 8.20. The standard InChI is InChI=1S/C22H17F3O6/c1-4-7-28-21(27)30-14-5-6-16-17(11-14)31-20(22(23,24)25)19(18(16)26)29-15-9-12(2)8-13(3)10-15/h4-6,8-11H,1,7H2,2-3H3. The van der Waals surface area contributed by atoms with Gasteiger partial charge in [0.05, 0.1) is 5.39 Å². The zero-order valence-corrected chi connectivity index (χ0v) is 16.5. The van der Waals surface area contributed by atoms with Gasteiger partial charge in [-0.2, -0.15) is 13.2 Å². The lowest BCUT2D eigenvalue weighted by molar-refractivity contribution is -0.154. The third-order valence-corrected chi connectivity index (χ3v) is 4.01. The Kier molecular flexibility index (Phi) is 6.05. The van der Waals surface area contributed by atoms with Gasteiger partial charge in [0.25, 0.3) is 5.76 Å². The van der Waals surface area contributed by atoms with Crippen LogP contribution < -0.4 is 14.9 Å². The number of benzene rings is 2. The Morgan fingerprint density at radius 3 is 2.39 bits per heavy atom. The summed E-state index contributed by atoms with van der Waals surface area (Å²) in [7, 11) is 0. The van der Waals surface area contributed by atoms with Crippen LogP contribution in [0, 0.1) is 13.8 Å². The Labute approximate surface area is 174 Å². The molecule has 0 aliphatic rings. The van der Waals surface area contributed by atoms with E-state index in [1.54, 1.807) is 13.8 Å². The van der Waals surface area contributed by atoms with Gasteiger partial charge in [-0.25, -0.2) is 4.79 Å². The number of ether oxygens (including phenoxy) is 3. The van der Waals surface area contributed by atoms with Crippen LogP contribution in [0.3, 0.4) is 0 Å². The predicted molar refractivity (Wildman–Crippen MR) is 106 cm³/mol. The third kappa shape index (κ3) is 5.06. The molecular weight excluding hydrogens is 417 g/mol. The van der Waals surface area contributed by atoms with Crippen LogP contribution >= 0.6 is 0 Å². The molecule has 0 saturated carbocycles. The van der Waals surface area contributed by atoms with Crippen LogP contribution in [0.5, 0.6) is 17.2 Å². The molecule has 0 spiro atoms. The number of fused-ring (bicyclic) bond motifs is 1. The van der Waals surface area contributed by atoms with E-state index in [9.17, 15) is 22.8 Å². The normalized spacial score (nSPS) is 11.3. The molecule has 2 aromatic carbocycles. The summed E-state index contributed by atoms with van der Waals surface area (Å²) < 4.78 is 60.7. The van der Waals surface area contributed by atoms with Crippen molar-refractivity contribution in [3.05, 3.63) is 76.2 Å². The van der Waals surface area contributed by atoms with E-state index in [0.717, 1.165) is 17.2 Å². The summed E-state index contributed by atoms with van der Waals surface area (Å²) in [5, 5.41) is -0.181. The van der Waals surface area contributed by atoms with Gasteiger partial charge in [-0.15, -0.1) is 0 Å². The number of rotatable bonds is 5. The minimum atomic E-state index is -5.01. The van der Waals surface area contributed by atoms with Crippen LogP contribution in [0.4, 0.5) is 18.0 Å². The topological polar surface area (TPSA) is 75.0 Å². The predicted octanol–water partition coefficient (Wildman–Crippen LogP) is 5.92. The zero-order valence-electron chi connectivity index (χ0n) is 16.5. The number of halogens is 3. The molecule has 0 radical (unpaired) electrons. The second-order valence-electron chi connectivity index (χ2n) is 6.62. The van der Waals surface area contributed by atoms with Crippen molar-refractivity contribution in [3.63, 3.8) is 0 Å². The maximum Gasteiger partial charge on any atom is 0.514 e. The first-order chi connectivity index (χ1) is 14.6. The average Bonchev–Trinajstić information content (AvgIpc) is 2.66. The molecule has 9 heteroatoms. The van der Waals surface area contributed by atoms with Crippen molar-refractivity contribution in [2.45, 2.75) is 20.0 Å². The summed E-state index contributed by atoms with van der Waals surface area (Å²) in [5.41, 5.74) is 0.0466. The number of carbonyl (C=O) groups is 1. The minimum Gasteiger partial charge on any atom is -0.449 e. The van der Waals surface area contributed by atoms with Gasteiger partial charge in [-0.3, -0.25) is 4.79 Å². The van der Waals surface area contributed by atoms with Crippen molar-refractivity contribution < 1.29 is 36.6 Å². The first kappa shape index (κ1) is 21.9. The molecule has 3 aromatic rings.